The monoisotopic (exact) mass is 324 g/mol. The molecule has 0 aliphatic carbocycles. The summed E-state index contributed by atoms with van der Waals surface area (Å²) in [5.74, 6) is 0.526. The molecule has 124 valence electrons. The summed E-state index contributed by atoms with van der Waals surface area (Å²) in [5.41, 5.74) is 1.16. The molecule has 0 spiro atoms. The van der Waals surface area contributed by atoms with E-state index in [1.807, 2.05) is 54.2 Å². The summed E-state index contributed by atoms with van der Waals surface area (Å²) in [6.07, 6.45) is 7.15. The van der Waals surface area contributed by atoms with Crippen LogP contribution in [0, 0.1) is 0 Å². The summed E-state index contributed by atoms with van der Waals surface area (Å²) in [6.45, 7) is 3.27. The van der Waals surface area contributed by atoms with Crippen molar-refractivity contribution >= 4 is 11.8 Å². The van der Waals surface area contributed by atoms with Crippen LogP contribution >= 0.6 is 0 Å². The van der Waals surface area contributed by atoms with E-state index in [1.165, 1.54) is 0 Å². The van der Waals surface area contributed by atoms with Crippen molar-refractivity contribution in [3.05, 3.63) is 66.9 Å². The largest absolute Gasteiger partial charge is 0.335 e. The first-order chi connectivity index (χ1) is 11.7. The number of hydrogen-bond donors (Lipinski definition) is 2. The van der Waals surface area contributed by atoms with Crippen molar-refractivity contribution in [2.75, 3.05) is 5.32 Å². The summed E-state index contributed by atoms with van der Waals surface area (Å²) in [4.78, 5) is 16.0. The lowest BCUT2D eigenvalue weighted by molar-refractivity contribution is 0.248. The number of carbonyl (C=O) groups excluding carboxylic acids is 1. The Hall–Kier alpha value is -3.09. The molecule has 0 aliphatic heterocycles. The number of amides is 2. The van der Waals surface area contributed by atoms with E-state index in [9.17, 15) is 4.79 Å². The number of benzene rings is 1. The molecule has 2 aromatic heterocycles. The molecule has 3 aromatic rings. The van der Waals surface area contributed by atoms with Crippen molar-refractivity contribution in [3.8, 4) is 0 Å². The summed E-state index contributed by atoms with van der Waals surface area (Å²) in [5, 5.41) is 9.99. The van der Waals surface area contributed by atoms with Crippen LogP contribution in [0.15, 0.2) is 61.3 Å². The molecule has 1 aromatic carbocycles. The number of urea groups is 1. The number of nitrogens with zero attached hydrogens (tertiary/aromatic N) is 4. The van der Waals surface area contributed by atoms with E-state index >= 15 is 0 Å². The molecule has 7 nitrogen and oxygen atoms in total. The van der Waals surface area contributed by atoms with Gasteiger partial charge in [-0.25, -0.2) is 9.78 Å². The van der Waals surface area contributed by atoms with Crippen molar-refractivity contribution in [1.82, 2.24) is 24.6 Å². The Morgan fingerprint density at radius 2 is 2.04 bits per heavy atom. The van der Waals surface area contributed by atoms with Crippen molar-refractivity contribution < 1.29 is 4.79 Å². The van der Waals surface area contributed by atoms with Gasteiger partial charge in [-0.05, 0) is 12.5 Å². The number of imidazole rings is 1. The fourth-order valence-corrected chi connectivity index (χ4v) is 2.42. The van der Waals surface area contributed by atoms with Crippen molar-refractivity contribution in [2.24, 2.45) is 0 Å². The molecule has 7 heteroatoms. The molecule has 3 rings (SSSR count). The van der Waals surface area contributed by atoms with Gasteiger partial charge in [0, 0.05) is 37.2 Å². The maximum Gasteiger partial charge on any atom is 0.320 e. The van der Waals surface area contributed by atoms with Crippen LogP contribution in [0.2, 0.25) is 0 Å². The van der Waals surface area contributed by atoms with E-state index in [4.69, 9.17) is 0 Å². The molecular weight excluding hydrogens is 304 g/mol. The zero-order valence-electron chi connectivity index (χ0n) is 13.5. The Balaban J connectivity index is 1.49. The third kappa shape index (κ3) is 4.45. The van der Waals surface area contributed by atoms with E-state index < -0.39 is 0 Å². The number of aromatic nitrogens is 4. The number of hydrogen-bond acceptors (Lipinski definition) is 3. The number of anilines is 1. The zero-order chi connectivity index (χ0) is 16.8. The predicted octanol–water partition coefficient (Wildman–Crippen LogP) is 2.34. The minimum Gasteiger partial charge on any atom is -0.335 e. The topological polar surface area (TPSA) is 76.8 Å². The lowest BCUT2D eigenvalue weighted by Gasteiger charge is -2.14. The average molecular weight is 324 g/mol. The van der Waals surface area contributed by atoms with Gasteiger partial charge in [-0.1, -0.05) is 30.3 Å². The molecule has 1 unspecified atom stereocenters. The highest BCUT2D eigenvalue weighted by Gasteiger charge is 2.09. The van der Waals surface area contributed by atoms with Gasteiger partial charge in [-0.2, -0.15) is 5.10 Å². The van der Waals surface area contributed by atoms with Gasteiger partial charge >= 0.3 is 6.03 Å². The van der Waals surface area contributed by atoms with Gasteiger partial charge < -0.3 is 9.88 Å². The van der Waals surface area contributed by atoms with Crippen LogP contribution in [0.3, 0.4) is 0 Å². The first-order valence-corrected chi connectivity index (χ1v) is 7.80. The van der Waals surface area contributed by atoms with Gasteiger partial charge in [0.1, 0.15) is 0 Å². The van der Waals surface area contributed by atoms with E-state index in [2.05, 4.69) is 20.7 Å². The Morgan fingerprint density at radius 3 is 2.79 bits per heavy atom. The smallest absolute Gasteiger partial charge is 0.320 e. The Morgan fingerprint density at radius 1 is 1.21 bits per heavy atom. The maximum absolute atomic E-state index is 12.0. The Labute approximate surface area is 140 Å². The summed E-state index contributed by atoms with van der Waals surface area (Å²) in [6, 6.07) is 11.5. The van der Waals surface area contributed by atoms with E-state index in [0.29, 0.717) is 18.9 Å². The highest BCUT2D eigenvalue weighted by atomic mass is 16.2. The average Bonchev–Trinajstić information content (AvgIpc) is 3.20. The molecule has 0 saturated heterocycles. The van der Waals surface area contributed by atoms with Crippen molar-refractivity contribution in [2.45, 2.75) is 26.1 Å². The van der Waals surface area contributed by atoms with Crippen molar-refractivity contribution in [3.63, 3.8) is 0 Å². The van der Waals surface area contributed by atoms with E-state index in [1.54, 1.807) is 23.3 Å². The molecule has 1 atom stereocenters. The second-order valence-corrected chi connectivity index (χ2v) is 5.64. The van der Waals surface area contributed by atoms with Crippen LogP contribution in [-0.4, -0.2) is 31.4 Å². The zero-order valence-corrected chi connectivity index (χ0v) is 13.5. The number of rotatable bonds is 6. The summed E-state index contributed by atoms with van der Waals surface area (Å²) >= 11 is 0. The first kappa shape index (κ1) is 15.8. The van der Waals surface area contributed by atoms with Gasteiger partial charge in [0.15, 0.2) is 5.82 Å². The lowest BCUT2D eigenvalue weighted by Crippen LogP contribution is -2.38. The maximum atomic E-state index is 12.0. The quantitative estimate of drug-likeness (QED) is 0.730. The van der Waals surface area contributed by atoms with Gasteiger partial charge in [0.2, 0.25) is 0 Å². The molecule has 0 aliphatic rings. The van der Waals surface area contributed by atoms with E-state index in [-0.39, 0.29) is 12.1 Å². The molecule has 0 fully saturated rings. The standard InChI is InChI=1S/C17H20N6O/c1-14(11-22-10-8-18-13-22)19-17(24)20-16-7-9-23(21-16)12-15-5-3-2-4-6-15/h2-10,13-14H,11-12H2,1H3,(H2,19,20,21,24). The molecule has 2 heterocycles. The summed E-state index contributed by atoms with van der Waals surface area (Å²) < 4.78 is 3.71. The van der Waals surface area contributed by atoms with Crippen LogP contribution in [0.25, 0.3) is 0 Å². The van der Waals surface area contributed by atoms with Crippen LogP contribution in [0.4, 0.5) is 10.6 Å². The normalized spacial score (nSPS) is 11.9. The highest BCUT2D eigenvalue weighted by molar-refractivity contribution is 5.88. The molecule has 0 radical (unpaired) electrons. The van der Waals surface area contributed by atoms with Gasteiger partial charge in [-0.3, -0.25) is 10.00 Å². The minimum absolute atomic E-state index is 0.0226. The molecule has 2 amide bonds. The Bertz CT molecular complexity index is 766. The van der Waals surface area contributed by atoms with Gasteiger partial charge in [-0.15, -0.1) is 0 Å². The molecule has 24 heavy (non-hydrogen) atoms. The second kappa shape index (κ2) is 7.45. The number of carbonyl (C=O) groups is 1. The second-order valence-electron chi connectivity index (χ2n) is 5.64. The predicted molar refractivity (Wildman–Crippen MR) is 91.6 cm³/mol. The third-order valence-corrected chi connectivity index (χ3v) is 3.49. The van der Waals surface area contributed by atoms with E-state index in [0.717, 1.165) is 5.56 Å². The highest BCUT2D eigenvalue weighted by Crippen LogP contribution is 2.06. The molecule has 0 saturated carbocycles. The fourth-order valence-electron chi connectivity index (χ4n) is 2.42. The van der Waals surface area contributed by atoms with Crippen LogP contribution in [-0.2, 0) is 13.1 Å². The molecule has 2 N–H and O–H groups in total. The van der Waals surface area contributed by atoms with Crippen LogP contribution in [0.5, 0.6) is 0 Å². The van der Waals surface area contributed by atoms with Crippen LogP contribution < -0.4 is 10.6 Å². The minimum atomic E-state index is -0.271. The lowest BCUT2D eigenvalue weighted by atomic mass is 10.2. The number of nitrogens with one attached hydrogen (secondary N) is 2. The fraction of sp³-hybridized carbons (Fsp3) is 0.235. The van der Waals surface area contributed by atoms with Gasteiger partial charge in [0.25, 0.3) is 0 Å². The van der Waals surface area contributed by atoms with Crippen molar-refractivity contribution in [1.29, 1.82) is 0 Å². The van der Waals surface area contributed by atoms with Gasteiger partial charge in [0.05, 0.1) is 12.9 Å². The van der Waals surface area contributed by atoms with Crippen LogP contribution in [0.1, 0.15) is 12.5 Å². The molecular formula is C17H20N6O. The SMILES string of the molecule is CC(Cn1ccnc1)NC(=O)Nc1ccn(Cc2ccccc2)n1. The molecule has 0 bridgehead atoms. The summed E-state index contributed by atoms with van der Waals surface area (Å²) in [7, 11) is 0. The Kier molecular flexibility index (Phi) is 4.90. The first-order valence-electron chi connectivity index (χ1n) is 7.80. The third-order valence-electron chi connectivity index (χ3n) is 3.49.